The van der Waals surface area contributed by atoms with Gasteiger partial charge in [0.1, 0.15) is 6.61 Å². The highest BCUT2D eigenvalue weighted by atomic mass is 35.5. The van der Waals surface area contributed by atoms with Crippen molar-refractivity contribution < 1.29 is 9.53 Å². The fraction of sp³-hybridized carbons (Fsp3) is 0.182. The average Bonchev–Trinajstić information content (AvgIpc) is 2.19. The van der Waals surface area contributed by atoms with Gasteiger partial charge in [-0.2, -0.15) is 0 Å². The highest BCUT2D eigenvalue weighted by Gasteiger charge is 2.07. The summed E-state index contributed by atoms with van der Waals surface area (Å²) in [6.07, 6.45) is 0. The van der Waals surface area contributed by atoms with Crippen molar-refractivity contribution in [3.8, 4) is 0 Å². The van der Waals surface area contributed by atoms with Crippen molar-refractivity contribution in [2.75, 3.05) is 0 Å². The lowest BCUT2D eigenvalue weighted by molar-refractivity contribution is -0.140. The van der Waals surface area contributed by atoms with Gasteiger partial charge in [0.2, 0.25) is 0 Å². The Bertz CT molecular complexity index is 400. The molecule has 80 valence electrons. The van der Waals surface area contributed by atoms with Crippen LogP contribution in [0.5, 0.6) is 0 Å². The molecule has 0 aromatic heterocycles. The molecule has 4 heteroatoms. The van der Waals surface area contributed by atoms with Crippen LogP contribution in [0.25, 0.3) is 0 Å². The molecule has 0 aliphatic carbocycles. The number of halogens is 2. The third-order valence-corrected chi connectivity index (χ3v) is 2.60. The van der Waals surface area contributed by atoms with Crippen LogP contribution in [0.15, 0.2) is 30.4 Å². The maximum atomic E-state index is 11.1. The van der Waals surface area contributed by atoms with Gasteiger partial charge in [-0.15, -0.1) is 0 Å². The summed E-state index contributed by atoms with van der Waals surface area (Å²) in [6.45, 7) is 5.16. The number of ether oxygens (including phenoxy) is 1. The summed E-state index contributed by atoms with van der Waals surface area (Å²) in [7, 11) is 0. The molecule has 0 N–H and O–H groups in total. The van der Waals surface area contributed by atoms with Crippen molar-refractivity contribution in [1.29, 1.82) is 0 Å². The second kappa shape index (κ2) is 5.19. The Hall–Kier alpha value is -0.990. The third-order valence-electron chi connectivity index (χ3n) is 1.74. The van der Waals surface area contributed by atoms with Crippen LogP contribution in [0.2, 0.25) is 10.0 Å². The van der Waals surface area contributed by atoms with E-state index >= 15 is 0 Å². The molecule has 0 bridgehead atoms. The number of esters is 1. The third kappa shape index (κ3) is 3.26. The van der Waals surface area contributed by atoms with Gasteiger partial charge in [-0.25, -0.2) is 4.79 Å². The zero-order valence-corrected chi connectivity index (χ0v) is 9.73. The lowest BCUT2D eigenvalue weighted by Crippen LogP contribution is -2.05. The SMILES string of the molecule is C=C(C)C(=O)OCc1cccc(Cl)c1Cl. The summed E-state index contributed by atoms with van der Waals surface area (Å²) < 4.78 is 4.94. The average molecular weight is 245 g/mol. The van der Waals surface area contributed by atoms with Gasteiger partial charge in [0, 0.05) is 11.1 Å². The Morgan fingerprint density at radius 1 is 1.47 bits per heavy atom. The summed E-state index contributed by atoms with van der Waals surface area (Å²) in [4.78, 5) is 11.1. The Kier molecular flexibility index (Phi) is 4.18. The van der Waals surface area contributed by atoms with Gasteiger partial charge < -0.3 is 4.74 Å². The highest BCUT2D eigenvalue weighted by molar-refractivity contribution is 6.42. The molecule has 0 unspecified atom stereocenters. The first-order chi connectivity index (χ1) is 7.02. The molecule has 0 heterocycles. The van der Waals surface area contributed by atoms with Crippen LogP contribution in [-0.2, 0) is 16.1 Å². The van der Waals surface area contributed by atoms with Crippen LogP contribution in [0.4, 0.5) is 0 Å². The summed E-state index contributed by atoms with van der Waals surface area (Å²) >= 11 is 11.7. The van der Waals surface area contributed by atoms with E-state index in [2.05, 4.69) is 6.58 Å². The van der Waals surface area contributed by atoms with E-state index in [0.717, 1.165) is 0 Å². The van der Waals surface area contributed by atoms with Crippen molar-refractivity contribution in [3.63, 3.8) is 0 Å². The standard InChI is InChI=1S/C11H10Cl2O2/c1-7(2)11(14)15-6-8-4-3-5-9(12)10(8)13/h3-5H,1,6H2,2H3. The topological polar surface area (TPSA) is 26.3 Å². The van der Waals surface area contributed by atoms with Gasteiger partial charge in [0.05, 0.1) is 10.0 Å². The second-order valence-electron chi connectivity index (χ2n) is 3.07. The van der Waals surface area contributed by atoms with Crippen LogP contribution < -0.4 is 0 Å². The molecule has 0 aliphatic rings. The van der Waals surface area contributed by atoms with E-state index in [1.54, 1.807) is 25.1 Å². The quantitative estimate of drug-likeness (QED) is 0.600. The van der Waals surface area contributed by atoms with E-state index in [-0.39, 0.29) is 6.61 Å². The van der Waals surface area contributed by atoms with E-state index in [1.807, 2.05) is 0 Å². The first kappa shape index (κ1) is 12.1. The van der Waals surface area contributed by atoms with E-state index < -0.39 is 5.97 Å². The van der Waals surface area contributed by atoms with E-state index in [9.17, 15) is 4.79 Å². The van der Waals surface area contributed by atoms with Gasteiger partial charge >= 0.3 is 5.97 Å². The summed E-state index contributed by atoms with van der Waals surface area (Å²) in [5, 5.41) is 0.856. The van der Waals surface area contributed by atoms with Gasteiger partial charge in [-0.3, -0.25) is 0 Å². The zero-order chi connectivity index (χ0) is 11.4. The Morgan fingerprint density at radius 3 is 2.73 bits per heavy atom. The minimum absolute atomic E-state index is 0.102. The molecule has 0 radical (unpaired) electrons. The highest BCUT2D eigenvalue weighted by Crippen LogP contribution is 2.26. The first-order valence-corrected chi connectivity index (χ1v) is 5.03. The van der Waals surface area contributed by atoms with Crippen molar-refractivity contribution in [2.45, 2.75) is 13.5 Å². The molecule has 1 rings (SSSR count). The Labute approximate surface area is 98.4 Å². The molecular weight excluding hydrogens is 235 g/mol. The normalized spacial score (nSPS) is 9.80. The largest absolute Gasteiger partial charge is 0.457 e. The van der Waals surface area contributed by atoms with Crippen molar-refractivity contribution in [1.82, 2.24) is 0 Å². The van der Waals surface area contributed by atoms with Gasteiger partial charge in [0.15, 0.2) is 0 Å². The van der Waals surface area contributed by atoms with Gasteiger partial charge in [-0.05, 0) is 13.0 Å². The van der Waals surface area contributed by atoms with Crippen LogP contribution in [0, 0.1) is 0 Å². The lowest BCUT2D eigenvalue weighted by Gasteiger charge is -2.06. The van der Waals surface area contributed by atoms with Crippen LogP contribution in [0.3, 0.4) is 0 Å². The first-order valence-electron chi connectivity index (χ1n) is 4.28. The molecule has 0 spiro atoms. The van der Waals surface area contributed by atoms with Crippen LogP contribution >= 0.6 is 23.2 Å². The molecule has 0 fully saturated rings. The van der Waals surface area contributed by atoms with Crippen LogP contribution in [-0.4, -0.2) is 5.97 Å². The summed E-state index contributed by atoms with van der Waals surface area (Å²) in [5.74, 6) is -0.439. The predicted molar refractivity (Wildman–Crippen MR) is 61.1 cm³/mol. The Balaban J connectivity index is 2.70. The molecule has 15 heavy (non-hydrogen) atoms. The minimum Gasteiger partial charge on any atom is -0.457 e. The lowest BCUT2D eigenvalue weighted by atomic mass is 10.2. The number of benzene rings is 1. The van der Waals surface area contributed by atoms with Crippen molar-refractivity contribution in [3.05, 3.63) is 46.0 Å². The number of carbonyl (C=O) groups is 1. The fourth-order valence-corrected chi connectivity index (χ4v) is 1.30. The monoisotopic (exact) mass is 244 g/mol. The molecule has 0 saturated carbocycles. The molecule has 0 aliphatic heterocycles. The fourth-order valence-electron chi connectivity index (χ4n) is 0.926. The van der Waals surface area contributed by atoms with Crippen LogP contribution in [0.1, 0.15) is 12.5 Å². The van der Waals surface area contributed by atoms with Crippen molar-refractivity contribution >= 4 is 29.2 Å². The second-order valence-corrected chi connectivity index (χ2v) is 3.85. The van der Waals surface area contributed by atoms with E-state index in [4.69, 9.17) is 27.9 Å². The summed E-state index contributed by atoms with van der Waals surface area (Å²) in [6, 6.07) is 5.17. The van der Waals surface area contributed by atoms with Crippen molar-refractivity contribution in [2.24, 2.45) is 0 Å². The predicted octanol–water partition coefficient (Wildman–Crippen LogP) is 3.61. The minimum atomic E-state index is -0.439. The molecule has 1 aromatic rings. The number of rotatable bonds is 3. The Morgan fingerprint density at radius 2 is 2.13 bits per heavy atom. The van der Waals surface area contributed by atoms with Gasteiger partial charge in [0.25, 0.3) is 0 Å². The number of hydrogen-bond donors (Lipinski definition) is 0. The molecule has 1 aromatic carbocycles. The van der Waals surface area contributed by atoms with Gasteiger partial charge in [-0.1, -0.05) is 41.9 Å². The zero-order valence-electron chi connectivity index (χ0n) is 8.22. The number of carbonyl (C=O) groups excluding carboxylic acids is 1. The molecule has 0 amide bonds. The maximum absolute atomic E-state index is 11.1. The van der Waals surface area contributed by atoms with E-state index in [0.29, 0.717) is 21.2 Å². The maximum Gasteiger partial charge on any atom is 0.333 e. The smallest absolute Gasteiger partial charge is 0.333 e. The molecule has 0 saturated heterocycles. The molecular formula is C11H10Cl2O2. The molecule has 2 nitrogen and oxygen atoms in total. The summed E-state index contributed by atoms with van der Waals surface area (Å²) in [5.41, 5.74) is 1.03. The molecule has 0 atom stereocenters. The number of hydrogen-bond acceptors (Lipinski definition) is 2. The van der Waals surface area contributed by atoms with E-state index in [1.165, 1.54) is 0 Å².